The van der Waals surface area contributed by atoms with Crippen LogP contribution >= 0.6 is 11.3 Å². The van der Waals surface area contributed by atoms with Gasteiger partial charge in [0, 0.05) is 11.3 Å². The first-order valence-corrected chi connectivity index (χ1v) is 10.1. The Kier molecular flexibility index (Phi) is 4.28. The van der Waals surface area contributed by atoms with Crippen molar-refractivity contribution in [2.45, 2.75) is 6.17 Å². The number of benzene rings is 4. The van der Waals surface area contributed by atoms with Crippen molar-refractivity contribution >= 4 is 38.0 Å². The van der Waals surface area contributed by atoms with Gasteiger partial charge in [0.15, 0.2) is 0 Å². The van der Waals surface area contributed by atoms with Crippen LogP contribution in [0.25, 0.3) is 31.6 Å². The molecule has 3 N–H and O–H groups in total. The minimum absolute atomic E-state index is 0.278. The van der Waals surface area contributed by atoms with Crippen molar-refractivity contribution in [3.63, 3.8) is 0 Å². The van der Waals surface area contributed by atoms with Crippen LogP contribution in [0.3, 0.4) is 0 Å². The summed E-state index contributed by atoms with van der Waals surface area (Å²) < 4.78 is 1.21. The van der Waals surface area contributed by atoms with E-state index in [1.54, 1.807) is 11.3 Å². The molecule has 0 aliphatic carbocycles. The van der Waals surface area contributed by atoms with E-state index < -0.39 is 0 Å². The third kappa shape index (κ3) is 3.13. The quantitative estimate of drug-likeness (QED) is 0.365. The lowest BCUT2D eigenvalue weighted by Crippen LogP contribution is -2.20. The first kappa shape index (κ1) is 16.9. The van der Waals surface area contributed by atoms with Crippen molar-refractivity contribution in [1.29, 1.82) is 0 Å². The van der Waals surface area contributed by atoms with Crippen molar-refractivity contribution in [2.24, 2.45) is 5.73 Å². The summed E-state index contributed by atoms with van der Waals surface area (Å²) in [5.41, 5.74) is 10.7. The molecular formula is C24H19N3S. The molecule has 0 saturated heterocycles. The van der Waals surface area contributed by atoms with Gasteiger partial charge in [-0.2, -0.15) is 0 Å². The molecule has 28 heavy (non-hydrogen) atoms. The van der Waals surface area contributed by atoms with E-state index in [1.807, 2.05) is 24.3 Å². The van der Waals surface area contributed by atoms with Crippen LogP contribution < -0.4 is 11.1 Å². The van der Waals surface area contributed by atoms with E-state index in [4.69, 9.17) is 10.7 Å². The van der Waals surface area contributed by atoms with Gasteiger partial charge in [-0.25, -0.2) is 4.98 Å². The topological polar surface area (TPSA) is 50.9 Å². The summed E-state index contributed by atoms with van der Waals surface area (Å²) in [6.07, 6.45) is -0.278. The van der Waals surface area contributed by atoms with Gasteiger partial charge in [0.1, 0.15) is 11.2 Å². The molecule has 3 nitrogen and oxygen atoms in total. The van der Waals surface area contributed by atoms with E-state index in [2.05, 4.69) is 72.0 Å². The average molecular weight is 382 g/mol. The molecule has 0 aliphatic rings. The number of hydrogen-bond donors (Lipinski definition) is 2. The van der Waals surface area contributed by atoms with Crippen molar-refractivity contribution < 1.29 is 0 Å². The van der Waals surface area contributed by atoms with Crippen LogP contribution in [0.4, 0.5) is 5.69 Å². The molecule has 5 aromatic rings. The molecule has 136 valence electrons. The number of aromatic nitrogens is 1. The Balaban J connectivity index is 1.40. The third-order valence-electron chi connectivity index (χ3n) is 4.91. The molecule has 1 atom stereocenters. The SMILES string of the molecule is NC(Nc1ccc(-c2nc3ccccc3s2)cc1)c1cccc2ccccc12. The molecule has 0 fully saturated rings. The maximum atomic E-state index is 6.47. The standard InChI is InChI=1S/C24H19N3S/c25-23(20-9-5-7-16-6-1-2-8-19(16)20)26-18-14-12-17(13-15-18)24-27-21-10-3-4-11-22(21)28-24/h1-15,23,26H,25H2. The molecule has 4 heteroatoms. The number of nitrogens with two attached hydrogens (primary N) is 1. The van der Waals surface area contributed by atoms with Crippen LogP contribution in [-0.2, 0) is 0 Å². The van der Waals surface area contributed by atoms with Gasteiger partial charge in [0.25, 0.3) is 0 Å². The number of nitrogens with zero attached hydrogens (tertiary/aromatic N) is 1. The highest BCUT2D eigenvalue weighted by Crippen LogP contribution is 2.31. The Bertz CT molecular complexity index is 1220. The number of para-hydroxylation sites is 1. The van der Waals surface area contributed by atoms with Gasteiger partial charge in [-0.05, 0) is 52.7 Å². The smallest absolute Gasteiger partial charge is 0.124 e. The lowest BCUT2D eigenvalue weighted by atomic mass is 10.0. The van der Waals surface area contributed by atoms with Crippen molar-refractivity contribution in [3.05, 3.63) is 96.6 Å². The lowest BCUT2D eigenvalue weighted by molar-refractivity contribution is 0.845. The minimum atomic E-state index is -0.278. The number of nitrogens with one attached hydrogen (secondary N) is 1. The highest BCUT2D eigenvalue weighted by atomic mass is 32.1. The number of thiazole rings is 1. The zero-order valence-electron chi connectivity index (χ0n) is 15.2. The van der Waals surface area contributed by atoms with E-state index in [0.29, 0.717) is 0 Å². The van der Waals surface area contributed by atoms with E-state index >= 15 is 0 Å². The Morgan fingerprint density at radius 2 is 1.54 bits per heavy atom. The van der Waals surface area contributed by atoms with E-state index in [0.717, 1.165) is 27.3 Å². The van der Waals surface area contributed by atoms with Crippen LogP contribution in [0.1, 0.15) is 11.7 Å². The number of hydrogen-bond acceptors (Lipinski definition) is 4. The van der Waals surface area contributed by atoms with Crippen molar-refractivity contribution in [1.82, 2.24) is 4.98 Å². The van der Waals surface area contributed by atoms with Crippen molar-refractivity contribution in [3.8, 4) is 10.6 Å². The second-order valence-corrected chi connectivity index (χ2v) is 7.79. The predicted molar refractivity (Wildman–Crippen MR) is 120 cm³/mol. The molecule has 0 saturated carbocycles. The Hall–Kier alpha value is -3.21. The van der Waals surface area contributed by atoms with Gasteiger partial charge < -0.3 is 11.1 Å². The summed E-state index contributed by atoms with van der Waals surface area (Å²) in [5.74, 6) is 0. The van der Waals surface area contributed by atoms with Gasteiger partial charge in [-0.15, -0.1) is 11.3 Å². The van der Waals surface area contributed by atoms with Crippen LogP contribution in [0.15, 0.2) is 91.0 Å². The molecule has 0 spiro atoms. The fourth-order valence-electron chi connectivity index (χ4n) is 3.48. The normalized spacial score (nSPS) is 12.3. The summed E-state index contributed by atoms with van der Waals surface area (Å²) >= 11 is 1.71. The summed E-state index contributed by atoms with van der Waals surface area (Å²) in [4.78, 5) is 4.73. The molecule has 0 amide bonds. The molecule has 1 heterocycles. The Labute approximate surface area is 167 Å². The van der Waals surface area contributed by atoms with Gasteiger partial charge in [0.05, 0.1) is 10.2 Å². The molecule has 0 bridgehead atoms. The maximum Gasteiger partial charge on any atom is 0.124 e. The summed E-state index contributed by atoms with van der Waals surface area (Å²) in [7, 11) is 0. The highest BCUT2D eigenvalue weighted by molar-refractivity contribution is 7.21. The molecule has 1 aromatic heterocycles. The molecular weight excluding hydrogens is 362 g/mol. The maximum absolute atomic E-state index is 6.47. The fraction of sp³-hybridized carbons (Fsp3) is 0.0417. The monoisotopic (exact) mass is 381 g/mol. The van der Waals surface area contributed by atoms with Crippen LogP contribution in [0, 0.1) is 0 Å². The van der Waals surface area contributed by atoms with E-state index in [1.165, 1.54) is 15.5 Å². The average Bonchev–Trinajstić information content (AvgIpc) is 3.18. The van der Waals surface area contributed by atoms with Gasteiger partial charge in [0.2, 0.25) is 0 Å². The first-order chi connectivity index (χ1) is 13.8. The van der Waals surface area contributed by atoms with Gasteiger partial charge in [-0.3, -0.25) is 0 Å². The van der Waals surface area contributed by atoms with Gasteiger partial charge in [-0.1, -0.05) is 54.6 Å². The summed E-state index contributed by atoms with van der Waals surface area (Å²) in [6, 6.07) is 31.1. The first-order valence-electron chi connectivity index (χ1n) is 9.24. The fourth-order valence-corrected chi connectivity index (χ4v) is 4.45. The second kappa shape index (κ2) is 7.08. The van der Waals surface area contributed by atoms with E-state index in [-0.39, 0.29) is 6.17 Å². The second-order valence-electron chi connectivity index (χ2n) is 6.75. The zero-order chi connectivity index (χ0) is 18.9. The molecule has 0 aliphatic heterocycles. The van der Waals surface area contributed by atoms with Gasteiger partial charge >= 0.3 is 0 Å². The van der Waals surface area contributed by atoms with E-state index in [9.17, 15) is 0 Å². The molecule has 5 rings (SSSR count). The summed E-state index contributed by atoms with van der Waals surface area (Å²) in [6.45, 7) is 0. The largest absolute Gasteiger partial charge is 0.366 e. The molecule has 1 unspecified atom stereocenters. The number of rotatable bonds is 4. The molecule has 4 aromatic carbocycles. The third-order valence-corrected chi connectivity index (χ3v) is 5.99. The van der Waals surface area contributed by atoms with Crippen LogP contribution in [0.5, 0.6) is 0 Å². The molecule has 0 radical (unpaired) electrons. The van der Waals surface area contributed by atoms with Crippen LogP contribution in [0.2, 0.25) is 0 Å². The highest BCUT2D eigenvalue weighted by Gasteiger charge is 2.10. The number of fused-ring (bicyclic) bond motifs is 2. The lowest BCUT2D eigenvalue weighted by Gasteiger charge is -2.18. The predicted octanol–water partition coefficient (Wildman–Crippen LogP) is 6.19. The summed E-state index contributed by atoms with van der Waals surface area (Å²) in [5, 5.41) is 6.82. The Morgan fingerprint density at radius 3 is 2.39 bits per heavy atom. The van der Waals surface area contributed by atoms with Crippen LogP contribution in [-0.4, -0.2) is 4.98 Å². The van der Waals surface area contributed by atoms with Crippen molar-refractivity contribution in [2.75, 3.05) is 5.32 Å². The zero-order valence-corrected chi connectivity index (χ0v) is 16.0. The Morgan fingerprint density at radius 1 is 0.786 bits per heavy atom. The minimum Gasteiger partial charge on any atom is -0.366 e. The number of anilines is 1.